The Balaban J connectivity index is 1.44. The molecule has 2 N–H and O–H groups in total. The van der Waals surface area contributed by atoms with Crippen molar-refractivity contribution in [2.45, 2.75) is 38.9 Å². The van der Waals surface area contributed by atoms with Crippen LogP contribution in [0.5, 0.6) is 0 Å². The van der Waals surface area contributed by atoms with Gasteiger partial charge in [-0.15, -0.1) is 11.3 Å². The topological polar surface area (TPSA) is 47.6 Å². The average Bonchev–Trinajstić information content (AvgIpc) is 3.21. The first-order chi connectivity index (χ1) is 12.2. The van der Waals surface area contributed by atoms with Crippen molar-refractivity contribution in [2.24, 2.45) is 0 Å². The van der Waals surface area contributed by atoms with Crippen molar-refractivity contribution in [3.05, 3.63) is 34.7 Å². The number of thiophene rings is 1. The molecule has 25 heavy (non-hydrogen) atoms. The molecule has 1 aromatic heterocycles. The van der Waals surface area contributed by atoms with E-state index in [4.69, 9.17) is 0 Å². The van der Waals surface area contributed by atoms with Crippen molar-refractivity contribution in [1.29, 1.82) is 0 Å². The van der Waals surface area contributed by atoms with Crippen LogP contribution >= 0.6 is 11.3 Å². The number of rotatable bonds is 4. The molecule has 6 heteroatoms. The van der Waals surface area contributed by atoms with Gasteiger partial charge < -0.3 is 10.6 Å². The minimum absolute atomic E-state index is 0.128. The molecule has 1 atom stereocenters. The number of likely N-dealkylation sites (N-methyl/N-ethyl adjacent to an activating group) is 2. The molecule has 1 saturated heterocycles. The second-order valence-corrected chi connectivity index (χ2v) is 7.99. The number of amides is 1. The lowest BCUT2D eigenvalue weighted by molar-refractivity contribution is -0.123. The predicted octanol–water partition coefficient (Wildman–Crippen LogP) is 1.97. The zero-order chi connectivity index (χ0) is 17.4. The van der Waals surface area contributed by atoms with E-state index in [1.165, 1.54) is 20.5 Å². The molecule has 0 spiro atoms. The Bertz CT molecular complexity index is 762. The van der Waals surface area contributed by atoms with E-state index in [0.717, 1.165) is 39.1 Å². The van der Waals surface area contributed by atoms with Crippen LogP contribution in [0.1, 0.15) is 24.3 Å². The molecule has 2 aliphatic heterocycles. The molecule has 0 radical (unpaired) electrons. The molecular formula is C19H26N4OS. The number of hydrogen-bond acceptors (Lipinski definition) is 5. The quantitative estimate of drug-likeness (QED) is 0.877. The number of fused-ring (bicyclic) bond motifs is 3. The van der Waals surface area contributed by atoms with Gasteiger partial charge in [0, 0.05) is 42.3 Å². The number of carbonyl (C=O) groups excluding carboxylic acids is 1. The number of nitrogens with zero attached hydrogens (tertiary/aromatic N) is 2. The van der Waals surface area contributed by atoms with Gasteiger partial charge in [0.05, 0.1) is 12.1 Å². The summed E-state index contributed by atoms with van der Waals surface area (Å²) in [5.41, 5.74) is 1.36. The van der Waals surface area contributed by atoms with Crippen molar-refractivity contribution in [3.63, 3.8) is 0 Å². The Morgan fingerprint density at radius 1 is 1.24 bits per heavy atom. The lowest BCUT2D eigenvalue weighted by Gasteiger charge is -2.25. The molecule has 3 heterocycles. The molecule has 2 aromatic rings. The minimum Gasteiger partial charge on any atom is -0.349 e. The maximum Gasteiger partial charge on any atom is 0.237 e. The fourth-order valence-corrected chi connectivity index (χ4v) is 5.23. The van der Waals surface area contributed by atoms with Gasteiger partial charge in [-0.05, 0) is 23.4 Å². The first-order valence-corrected chi connectivity index (χ1v) is 10.0. The summed E-state index contributed by atoms with van der Waals surface area (Å²) in [4.78, 5) is 14.2. The third kappa shape index (κ3) is 3.19. The third-order valence-corrected chi connectivity index (χ3v) is 6.57. The highest BCUT2D eigenvalue weighted by atomic mass is 32.1. The number of carbonyl (C=O) groups is 1. The maximum absolute atomic E-state index is 12.8. The van der Waals surface area contributed by atoms with E-state index in [1.54, 1.807) is 0 Å². The molecular weight excluding hydrogens is 332 g/mol. The van der Waals surface area contributed by atoms with Crippen molar-refractivity contribution in [1.82, 2.24) is 20.7 Å². The Kier molecular flexibility index (Phi) is 4.78. The molecule has 0 saturated carbocycles. The highest BCUT2D eigenvalue weighted by Gasteiger charge is 2.32. The van der Waals surface area contributed by atoms with E-state index in [0.29, 0.717) is 0 Å². The standard InChI is InChI=1S/C19H26N4OS/c1-3-22-11-13(12-23(22)4-2)21-19(24)16-9-15-14-7-5-6-8-17(14)25-18(15)10-20-16/h5-8,13,16,20H,3-4,9-12H2,1-2H3,(H,21,24)/t16-/m1/s1. The Morgan fingerprint density at radius 2 is 1.96 bits per heavy atom. The van der Waals surface area contributed by atoms with Crippen LogP contribution in [0.3, 0.4) is 0 Å². The van der Waals surface area contributed by atoms with E-state index in [2.05, 4.69) is 58.8 Å². The predicted molar refractivity (Wildman–Crippen MR) is 103 cm³/mol. The molecule has 4 rings (SSSR count). The highest BCUT2D eigenvalue weighted by Crippen LogP contribution is 2.34. The minimum atomic E-state index is -0.128. The summed E-state index contributed by atoms with van der Waals surface area (Å²) in [6, 6.07) is 8.61. The van der Waals surface area contributed by atoms with Gasteiger partial charge in [-0.25, -0.2) is 10.0 Å². The summed E-state index contributed by atoms with van der Waals surface area (Å²) in [7, 11) is 0. The van der Waals surface area contributed by atoms with Crippen LogP contribution in [0, 0.1) is 0 Å². The number of hydrogen-bond donors (Lipinski definition) is 2. The maximum atomic E-state index is 12.8. The fourth-order valence-electron chi connectivity index (χ4n) is 4.04. The first-order valence-electron chi connectivity index (χ1n) is 9.22. The average molecular weight is 359 g/mol. The van der Waals surface area contributed by atoms with Gasteiger partial charge in [0.2, 0.25) is 5.91 Å². The van der Waals surface area contributed by atoms with Crippen LogP contribution in [0.25, 0.3) is 10.1 Å². The summed E-state index contributed by atoms with van der Waals surface area (Å²) < 4.78 is 1.32. The van der Waals surface area contributed by atoms with Crippen molar-refractivity contribution in [2.75, 3.05) is 26.2 Å². The van der Waals surface area contributed by atoms with Crippen LogP contribution in [0.2, 0.25) is 0 Å². The zero-order valence-corrected chi connectivity index (χ0v) is 15.7. The van der Waals surface area contributed by atoms with E-state index >= 15 is 0 Å². The summed E-state index contributed by atoms with van der Waals surface area (Å²) in [5, 5.41) is 12.7. The van der Waals surface area contributed by atoms with Crippen LogP contribution in [-0.4, -0.2) is 54.2 Å². The first kappa shape index (κ1) is 17.0. The molecule has 1 aromatic carbocycles. The van der Waals surface area contributed by atoms with Crippen LogP contribution in [-0.2, 0) is 17.8 Å². The SMILES string of the molecule is CCN1CC(NC(=O)[C@H]2Cc3c(sc4ccccc34)CN2)CN1CC. The van der Waals surface area contributed by atoms with Crippen LogP contribution in [0.4, 0.5) is 0 Å². The molecule has 0 aliphatic carbocycles. The normalized spacial score (nSPS) is 22.4. The van der Waals surface area contributed by atoms with Crippen LogP contribution in [0.15, 0.2) is 24.3 Å². The van der Waals surface area contributed by atoms with Gasteiger partial charge in [-0.3, -0.25) is 4.79 Å². The van der Waals surface area contributed by atoms with Crippen molar-refractivity contribution < 1.29 is 4.79 Å². The second-order valence-electron chi connectivity index (χ2n) is 6.85. The summed E-state index contributed by atoms with van der Waals surface area (Å²) in [5.74, 6) is 0.139. The monoisotopic (exact) mass is 358 g/mol. The van der Waals surface area contributed by atoms with Crippen LogP contribution < -0.4 is 10.6 Å². The largest absolute Gasteiger partial charge is 0.349 e. The molecule has 5 nitrogen and oxygen atoms in total. The van der Waals surface area contributed by atoms with Gasteiger partial charge in [0.1, 0.15) is 0 Å². The van der Waals surface area contributed by atoms with Gasteiger partial charge in [-0.2, -0.15) is 0 Å². The molecule has 134 valence electrons. The highest BCUT2D eigenvalue weighted by molar-refractivity contribution is 7.19. The van der Waals surface area contributed by atoms with Crippen molar-refractivity contribution in [3.8, 4) is 0 Å². The van der Waals surface area contributed by atoms with Gasteiger partial charge in [-0.1, -0.05) is 32.0 Å². The Morgan fingerprint density at radius 3 is 2.68 bits per heavy atom. The molecule has 2 aliphatic rings. The van der Waals surface area contributed by atoms with E-state index in [9.17, 15) is 4.79 Å². The summed E-state index contributed by atoms with van der Waals surface area (Å²) in [6.07, 6.45) is 0.785. The van der Waals surface area contributed by atoms with E-state index in [1.807, 2.05) is 11.3 Å². The summed E-state index contributed by atoms with van der Waals surface area (Å²) in [6.45, 7) is 8.93. The second kappa shape index (κ2) is 7.03. The van der Waals surface area contributed by atoms with Gasteiger partial charge in [0.15, 0.2) is 0 Å². The van der Waals surface area contributed by atoms with Gasteiger partial charge in [0.25, 0.3) is 0 Å². The summed E-state index contributed by atoms with van der Waals surface area (Å²) >= 11 is 1.85. The third-order valence-electron chi connectivity index (χ3n) is 5.35. The Hall–Kier alpha value is -1.47. The molecule has 0 unspecified atom stereocenters. The molecule has 1 fully saturated rings. The number of hydrazine groups is 1. The molecule has 1 amide bonds. The smallest absolute Gasteiger partial charge is 0.237 e. The zero-order valence-electron chi connectivity index (χ0n) is 14.9. The van der Waals surface area contributed by atoms with E-state index in [-0.39, 0.29) is 18.0 Å². The van der Waals surface area contributed by atoms with Crippen molar-refractivity contribution >= 4 is 27.3 Å². The fraction of sp³-hybridized carbons (Fsp3) is 0.526. The number of nitrogens with one attached hydrogen (secondary N) is 2. The van der Waals surface area contributed by atoms with Gasteiger partial charge >= 0.3 is 0 Å². The Labute approximate surface area is 153 Å². The number of benzene rings is 1. The lowest BCUT2D eigenvalue weighted by atomic mass is 9.98. The molecule has 0 bridgehead atoms. The lowest BCUT2D eigenvalue weighted by Crippen LogP contribution is -2.51. The van der Waals surface area contributed by atoms with E-state index < -0.39 is 0 Å².